The smallest absolute Gasteiger partial charge is 0.409 e. The van der Waals surface area contributed by atoms with Crippen LogP contribution in [0.3, 0.4) is 0 Å². The van der Waals surface area contributed by atoms with E-state index in [1.165, 1.54) is 0 Å². The second-order valence-corrected chi connectivity index (χ2v) is 3.38. The van der Waals surface area contributed by atoms with Gasteiger partial charge in [-0.3, -0.25) is 5.32 Å². The molecule has 1 amide bonds. The molecule has 2 aromatic rings. The van der Waals surface area contributed by atoms with Crippen LogP contribution in [0.25, 0.3) is 5.69 Å². The summed E-state index contributed by atoms with van der Waals surface area (Å²) in [6.45, 7) is 1.95. The third kappa shape index (κ3) is 2.03. The molecule has 0 radical (unpaired) electrons. The van der Waals surface area contributed by atoms with E-state index >= 15 is 0 Å². The highest BCUT2D eigenvalue weighted by Gasteiger charge is 2.01. The maximum atomic E-state index is 10.4. The lowest BCUT2D eigenvalue weighted by molar-refractivity contribution is 0.210. The molecule has 0 atom stereocenters. The van der Waals surface area contributed by atoms with E-state index in [4.69, 9.17) is 5.11 Å². The van der Waals surface area contributed by atoms with Crippen LogP contribution in [0.2, 0.25) is 0 Å². The lowest BCUT2D eigenvalue weighted by Crippen LogP contribution is -2.07. The second-order valence-electron chi connectivity index (χ2n) is 3.38. The number of anilines is 1. The molecule has 16 heavy (non-hydrogen) atoms. The van der Waals surface area contributed by atoms with Crippen molar-refractivity contribution in [2.45, 2.75) is 6.92 Å². The van der Waals surface area contributed by atoms with E-state index in [9.17, 15) is 4.79 Å². The molecule has 1 heterocycles. The molecule has 5 heteroatoms. The van der Waals surface area contributed by atoms with Gasteiger partial charge in [0.05, 0.1) is 6.33 Å². The number of carbonyl (C=O) groups is 1. The second kappa shape index (κ2) is 4.06. The van der Waals surface area contributed by atoms with Gasteiger partial charge in [0, 0.05) is 23.3 Å². The molecular formula is C11H11N3O2. The van der Waals surface area contributed by atoms with Gasteiger partial charge < -0.3 is 9.67 Å². The molecular weight excluding hydrogens is 206 g/mol. The van der Waals surface area contributed by atoms with Gasteiger partial charge in [-0.1, -0.05) is 0 Å². The Kier molecular flexibility index (Phi) is 2.59. The number of carboxylic acid groups (broad SMARTS) is 1. The summed E-state index contributed by atoms with van der Waals surface area (Å²) in [6, 6.07) is 7.09. The van der Waals surface area contributed by atoms with E-state index < -0.39 is 6.09 Å². The molecule has 0 aliphatic heterocycles. The van der Waals surface area contributed by atoms with Gasteiger partial charge in [-0.05, 0) is 31.2 Å². The van der Waals surface area contributed by atoms with E-state index in [1.54, 1.807) is 24.7 Å². The van der Waals surface area contributed by atoms with Gasteiger partial charge in [0.15, 0.2) is 0 Å². The van der Waals surface area contributed by atoms with Crippen LogP contribution < -0.4 is 5.32 Å². The van der Waals surface area contributed by atoms with E-state index in [-0.39, 0.29) is 0 Å². The summed E-state index contributed by atoms with van der Waals surface area (Å²) >= 11 is 0. The normalized spacial score (nSPS) is 10.1. The van der Waals surface area contributed by atoms with E-state index in [0.717, 1.165) is 11.4 Å². The van der Waals surface area contributed by atoms with Crippen molar-refractivity contribution in [3.8, 4) is 5.69 Å². The van der Waals surface area contributed by atoms with Crippen molar-refractivity contribution in [2.24, 2.45) is 0 Å². The van der Waals surface area contributed by atoms with Crippen molar-refractivity contribution in [3.63, 3.8) is 0 Å². The number of rotatable bonds is 2. The lowest BCUT2D eigenvalue weighted by Gasteiger charge is -2.06. The third-order valence-corrected chi connectivity index (χ3v) is 2.22. The van der Waals surface area contributed by atoms with Crippen molar-refractivity contribution in [1.82, 2.24) is 9.55 Å². The van der Waals surface area contributed by atoms with Crippen molar-refractivity contribution >= 4 is 11.8 Å². The molecule has 82 valence electrons. The molecule has 0 spiro atoms. The Morgan fingerprint density at radius 3 is 2.56 bits per heavy atom. The highest BCUT2D eigenvalue weighted by Crippen LogP contribution is 2.14. The van der Waals surface area contributed by atoms with Crippen LogP contribution >= 0.6 is 0 Å². The Bertz CT molecular complexity index is 502. The van der Waals surface area contributed by atoms with Crippen LogP contribution in [0.4, 0.5) is 10.5 Å². The van der Waals surface area contributed by atoms with Gasteiger partial charge in [-0.15, -0.1) is 0 Å². The molecule has 0 fully saturated rings. The Labute approximate surface area is 92.4 Å². The van der Waals surface area contributed by atoms with Gasteiger partial charge in [0.1, 0.15) is 0 Å². The van der Waals surface area contributed by atoms with Crippen molar-refractivity contribution in [1.29, 1.82) is 0 Å². The zero-order chi connectivity index (χ0) is 11.5. The number of nitrogens with one attached hydrogen (secondary N) is 1. The zero-order valence-electron chi connectivity index (χ0n) is 8.71. The van der Waals surface area contributed by atoms with Gasteiger partial charge in [0.25, 0.3) is 0 Å². The largest absolute Gasteiger partial charge is 0.465 e. The van der Waals surface area contributed by atoms with Crippen molar-refractivity contribution in [3.05, 3.63) is 42.5 Å². The number of benzene rings is 1. The van der Waals surface area contributed by atoms with E-state index in [0.29, 0.717) is 5.69 Å². The zero-order valence-corrected chi connectivity index (χ0v) is 8.71. The third-order valence-electron chi connectivity index (χ3n) is 2.22. The SMILES string of the molecule is Cc1cncn1-c1ccc(NC(=O)O)cc1. The van der Waals surface area contributed by atoms with Gasteiger partial charge >= 0.3 is 6.09 Å². The molecule has 2 rings (SSSR count). The first-order valence-corrected chi connectivity index (χ1v) is 4.76. The summed E-state index contributed by atoms with van der Waals surface area (Å²) < 4.78 is 1.92. The molecule has 2 N–H and O–H groups in total. The van der Waals surface area contributed by atoms with Crippen LogP contribution in [-0.2, 0) is 0 Å². The molecule has 0 saturated heterocycles. The number of imidazole rings is 1. The minimum atomic E-state index is -1.06. The Hall–Kier alpha value is -2.30. The van der Waals surface area contributed by atoms with Crippen LogP contribution in [0.5, 0.6) is 0 Å². The van der Waals surface area contributed by atoms with E-state index in [1.807, 2.05) is 23.6 Å². The standard InChI is InChI=1S/C11H11N3O2/c1-8-6-12-7-14(8)10-4-2-9(3-5-10)13-11(15)16/h2-7,13H,1H3,(H,15,16). The maximum Gasteiger partial charge on any atom is 0.409 e. The first-order valence-electron chi connectivity index (χ1n) is 4.76. The average Bonchev–Trinajstić information content (AvgIpc) is 2.65. The fourth-order valence-electron chi connectivity index (χ4n) is 1.46. The summed E-state index contributed by atoms with van der Waals surface area (Å²) in [6.07, 6.45) is 2.42. The van der Waals surface area contributed by atoms with Crippen LogP contribution in [0.15, 0.2) is 36.8 Å². The quantitative estimate of drug-likeness (QED) is 0.810. The Morgan fingerprint density at radius 2 is 2.06 bits per heavy atom. The summed E-state index contributed by atoms with van der Waals surface area (Å²) in [5, 5.41) is 10.8. The minimum Gasteiger partial charge on any atom is -0.465 e. The number of aromatic nitrogens is 2. The maximum absolute atomic E-state index is 10.4. The summed E-state index contributed by atoms with van der Waals surface area (Å²) in [4.78, 5) is 14.4. The molecule has 0 unspecified atom stereocenters. The average molecular weight is 217 g/mol. The predicted molar refractivity (Wildman–Crippen MR) is 59.9 cm³/mol. The molecule has 0 bridgehead atoms. The number of hydrogen-bond donors (Lipinski definition) is 2. The Balaban J connectivity index is 2.26. The van der Waals surface area contributed by atoms with Gasteiger partial charge in [0.2, 0.25) is 0 Å². The number of nitrogens with zero attached hydrogens (tertiary/aromatic N) is 2. The Morgan fingerprint density at radius 1 is 1.38 bits per heavy atom. The monoisotopic (exact) mass is 217 g/mol. The van der Waals surface area contributed by atoms with Crippen LogP contribution in [0, 0.1) is 6.92 Å². The van der Waals surface area contributed by atoms with Crippen molar-refractivity contribution < 1.29 is 9.90 Å². The highest BCUT2D eigenvalue weighted by molar-refractivity contribution is 5.82. The van der Waals surface area contributed by atoms with Gasteiger partial charge in [-0.2, -0.15) is 0 Å². The van der Waals surface area contributed by atoms with Crippen molar-refractivity contribution in [2.75, 3.05) is 5.32 Å². The number of amides is 1. The van der Waals surface area contributed by atoms with Gasteiger partial charge in [-0.25, -0.2) is 9.78 Å². The van der Waals surface area contributed by atoms with Crippen LogP contribution in [0.1, 0.15) is 5.69 Å². The summed E-state index contributed by atoms with van der Waals surface area (Å²) in [5.41, 5.74) is 2.53. The fourth-order valence-corrected chi connectivity index (χ4v) is 1.46. The summed E-state index contributed by atoms with van der Waals surface area (Å²) in [5.74, 6) is 0. The molecule has 0 saturated carbocycles. The molecule has 0 aliphatic rings. The highest BCUT2D eigenvalue weighted by atomic mass is 16.4. The molecule has 1 aromatic carbocycles. The summed E-state index contributed by atoms with van der Waals surface area (Å²) in [7, 11) is 0. The molecule has 0 aliphatic carbocycles. The van der Waals surface area contributed by atoms with Crippen LogP contribution in [-0.4, -0.2) is 20.8 Å². The first-order chi connectivity index (χ1) is 7.66. The number of hydrogen-bond acceptors (Lipinski definition) is 2. The number of aryl methyl sites for hydroxylation is 1. The predicted octanol–water partition coefficient (Wildman–Crippen LogP) is 2.27. The molecule has 1 aromatic heterocycles. The van der Waals surface area contributed by atoms with E-state index in [2.05, 4.69) is 10.3 Å². The molecule has 5 nitrogen and oxygen atoms in total. The topological polar surface area (TPSA) is 67.2 Å². The fraction of sp³-hybridized carbons (Fsp3) is 0.0909. The lowest BCUT2D eigenvalue weighted by atomic mass is 10.2. The minimum absolute atomic E-state index is 0.550. The first kappa shape index (κ1) is 10.2.